The lowest BCUT2D eigenvalue weighted by molar-refractivity contribution is 0.0907. The molecule has 1 unspecified atom stereocenters. The van der Waals surface area contributed by atoms with Gasteiger partial charge in [-0.15, -0.1) is 0 Å². The summed E-state index contributed by atoms with van der Waals surface area (Å²) in [5, 5.41) is 3.36. The fourth-order valence-corrected chi connectivity index (χ4v) is 3.43. The lowest BCUT2D eigenvalue weighted by Gasteiger charge is -2.35. The molecule has 1 aromatic carbocycles. The molecule has 5 heteroatoms. The van der Waals surface area contributed by atoms with E-state index in [-0.39, 0.29) is 17.1 Å². The van der Waals surface area contributed by atoms with E-state index < -0.39 is 0 Å². The smallest absolute Gasteiger partial charge is 0.287 e. The van der Waals surface area contributed by atoms with Crippen molar-refractivity contribution >= 4 is 16.9 Å². The van der Waals surface area contributed by atoms with Crippen LogP contribution in [0.2, 0.25) is 0 Å². The summed E-state index contributed by atoms with van der Waals surface area (Å²) in [6.45, 7) is 4.71. The summed E-state index contributed by atoms with van der Waals surface area (Å²) >= 11 is 0. The molecule has 0 radical (unpaired) electrons. The Kier molecular flexibility index (Phi) is 5.30. The highest BCUT2D eigenvalue weighted by atomic mass is 16.3. The van der Waals surface area contributed by atoms with Crippen LogP contribution in [0.3, 0.4) is 0 Å². The predicted molar refractivity (Wildman–Crippen MR) is 94.3 cm³/mol. The highest BCUT2D eigenvalue weighted by Crippen LogP contribution is 2.18. The maximum absolute atomic E-state index is 12.3. The average Bonchev–Trinajstić information content (AvgIpc) is 2.62. The quantitative estimate of drug-likeness (QED) is 0.917. The van der Waals surface area contributed by atoms with Crippen LogP contribution in [0.1, 0.15) is 43.2 Å². The van der Waals surface area contributed by atoms with Gasteiger partial charge in [0.15, 0.2) is 11.2 Å². The molecule has 0 spiro atoms. The van der Waals surface area contributed by atoms with Gasteiger partial charge in [0.1, 0.15) is 5.58 Å². The second-order valence-electron chi connectivity index (χ2n) is 6.32. The van der Waals surface area contributed by atoms with E-state index in [9.17, 15) is 9.59 Å². The number of fused-ring (bicyclic) bond motifs is 1. The molecule has 1 aromatic heterocycles. The summed E-state index contributed by atoms with van der Waals surface area (Å²) in [7, 11) is 0. The molecule has 3 rings (SSSR count). The van der Waals surface area contributed by atoms with Gasteiger partial charge in [-0.3, -0.25) is 14.5 Å². The molecule has 5 nitrogen and oxygen atoms in total. The maximum atomic E-state index is 12.3. The third-order valence-corrected chi connectivity index (χ3v) is 4.76. The fraction of sp³-hybridized carbons (Fsp3) is 0.474. The van der Waals surface area contributed by atoms with Crippen LogP contribution in [0.5, 0.6) is 0 Å². The van der Waals surface area contributed by atoms with Crippen molar-refractivity contribution in [1.82, 2.24) is 10.2 Å². The molecule has 0 saturated carbocycles. The minimum absolute atomic E-state index is 0.0735. The number of rotatable bonds is 5. The molecule has 1 atom stereocenters. The first kappa shape index (κ1) is 16.7. The molecule has 2 heterocycles. The highest BCUT2D eigenvalue weighted by Gasteiger charge is 2.20. The number of carbonyl (C=O) groups is 1. The summed E-state index contributed by atoms with van der Waals surface area (Å²) in [6.07, 6.45) is 4.91. The molecule has 0 aliphatic carbocycles. The van der Waals surface area contributed by atoms with Crippen LogP contribution in [0, 0.1) is 0 Å². The van der Waals surface area contributed by atoms with Gasteiger partial charge in [-0.05, 0) is 37.9 Å². The van der Waals surface area contributed by atoms with Crippen LogP contribution in [0.4, 0.5) is 0 Å². The van der Waals surface area contributed by atoms with Crippen molar-refractivity contribution in [3.63, 3.8) is 0 Å². The molecule has 1 amide bonds. The molecular weight excluding hydrogens is 304 g/mol. The van der Waals surface area contributed by atoms with Crippen molar-refractivity contribution in [2.75, 3.05) is 19.6 Å². The van der Waals surface area contributed by atoms with Crippen LogP contribution in [0.15, 0.2) is 39.5 Å². The standard InChI is InChI=1S/C19H24N2O3/c1-2-14-7-5-6-11-21(14)12-10-20-19(23)18-13-16(22)15-8-3-4-9-17(15)24-18/h3-4,8-9,13-14H,2,5-7,10-12H2,1H3,(H,20,23). The van der Waals surface area contributed by atoms with E-state index in [0.717, 1.165) is 19.5 Å². The number of nitrogens with one attached hydrogen (secondary N) is 1. The Morgan fingerprint density at radius 3 is 3.00 bits per heavy atom. The van der Waals surface area contributed by atoms with Gasteiger partial charge < -0.3 is 9.73 Å². The zero-order valence-corrected chi connectivity index (χ0v) is 14.1. The number of carbonyl (C=O) groups excluding carboxylic acids is 1. The van der Waals surface area contributed by atoms with Crippen molar-refractivity contribution in [3.8, 4) is 0 Å². The summed E-state index contributed by atoms with van der Waals surface area (Å²) in [4.78, 5) is 26.8. The van der Waals surface area contributed by atoms with E-state index in [1.807, 2.05) is 0 Å². The third-order valence-electron chi connectivity index (χ3n) is 4.76. The Hall–Kier alpha value is -2.14. The summed E-state index contributed by atoms with van der Waals surface area (Å²) in [5.41, 5.74) is 0.251. The molecule has 1 saturated heterocycles. The summed E-state index contributed by atoms with van der Waals surface area (Å²) in [6, 6.07) is 8.86. The van der Waals surface area contributed by atoms with Crippen LogP contribution in [0.25, 0.3) is 11.0 Å². The lowest BCUT2D eigenvalue weighted by Crippen LogP contribution is -2.43. The monoisotopic (exact) mass is 328 g/mol. The first-order chi connectivity index (χ1) is 11.7. The van der Waals surface area contributed by atoms with Gasteiger partial charge in [0.05, 0.1) is 5.39 Å². The minimum Gasteiger partial charge on any atom is -0.451 e. The summed E-state index contributed by atoms with van der Waals surface area (Å²) < 4.78 is 5.56. The Labute approximate surface area is 141 Å². The van der Waals surface area contributed by atoms with E-state index in [0.29, 0.717) is 23.6 Å². The molecular formula is C19H24N2O3. The van der Waals surface area contributed by atoms with E-state index in [4.69, 9.17) is 4.42 Å². The number of hydrogen-bond donors (Lipinski definition) is 1. The second-order valence-corrected chi connectivity index (χ2v) is 6.32. The van der Waals surface area contributed by atoms with Crippen molar-refractivity contribution in [2.45, 2.75) is 38.6 Å². The minimum atomic E-state index is -0.331. The van der Waals surface area contributed by atoms with E-state index >= 15 is 0 Å². The number of hydrogen-bond acceptors (Lipinski definition) is 4. The second kappa shape index (κ2) is 7.62. The normalized spacial score (nSPS) is 18.6. The fourth-order valence-electron chi connectivity index (χ4n) is 3.43. The van der Waals surface area contributed by atoms with Crippen LogP contribution in [-0.4, -0.2) is 36.5 Å². The predicted octanol–water partition coefficient (Wildman–Crippen LogP) is 2.79. The number of piperidine rings is 1. The molecule has 2 aromatic rings. The van der Waals surface area contributed by atoms with Crippen molar-refractivity contribution in [2.24, 2.45) is 0 Å². The van der Waals surface area contributed by atoms with E-state index in [1.54, 1.807) is 24.3 Å². The Balaban J connectivity index is 1.62. The number of para-hydroxylation sites is 1. The highest BCUT2D eigenvalue weighted by molar-refractivity contribution is 5.93. The van der Waals surface area contributed by atoms with Gasteiger partial charge in [0, 0.05) is 25.2 Å². The lowest BCUT2D eigenvalue weighted by atomic mass is 10.0. The number of amides is 1. The number of benzene rings is 1. The van der Waals surface area contributed by atoms with Crippen LogP contribution < -0.4 is 10.7 Å². The van der Waals surface area contributed by atoms with Gasteiger partial charge in [0.2, 0.25) is 0 Å². The molecule has 0 bridgehead atoms. The SMILES string of the molecule is CCC1CCCCN1CCNC(=O)c1cc(=O)c2ccccc2o1. The Morgan fingerprint density at radius 2 is 2.17 bits per heavy atom. The molecule has 1 fully saturated rings. The first-order valence-electron chi connectivity index (χ1n) is 8.74. The molecule has 24 heavy (non-hydrogen) atoms. The Morgan fingerprint density at radius 1 is 1.33 bits per heavy atom. The van der Waals surface area contributed by atoms with E-state index in [1.165, 1.54) is 25.3 Å². The molecule has 128 valence electrons. The van der Waals surface area contributed by atoms with E-state index in [2.05, 4.69) is 17.1 Å². The van der Waals surface area contributed by atoms with Crippen LogP contribution in [-0.2, 0) is 0 Å². The zero-order valence-electron chi connectivity index (χ0n) is 14.1. The van der Waals surface area contributed by atoms with Gasteiger partial charge in [0.25, 0.3) is 5.91 Å². The van der Waals surface area contributed by atoms with Gasteiger partial charge in [-0.25, -0.2) is 0 Å². The van der Waals surface area contributed by atoms with Gasteiger partial charge >= 0.3 is 0 Å². The van der Waals surface area contributed by atoms with Gasteiger partial charge in [-0.1, -0.05) is 25.5 Å². The zero-order chi connectivity index (χ0) is 16.9. The summed E-state index contributed by atoms with van der Waals surface area (Å²) in [5.74, 6) is -0.257. The van der Waals surface area contributed by atoms with Gasteiger partial charge in [-0.2, -0.15) is 0 Å². The number of nitrogens with zero attached hydrogens (tertiary/aromatic N) is 1. The maximum Gasteiger partial charge on any atom is 0.287 e. The van der Waals surface area contributed by atoms with Crippen molar-refractivity contribution in [1.29, 1.82) is 0 Å². The Bertz CT molecular complexity index is 769. The first-order valence-corrected chi connectivity index (χ1v) is 8.74. The third kappa shape index (κ3) is 3.67. The topological polar surface area (TPSA) is 62.6 Å². The average molecular weight is 328 g/mol. The molecule has 1 N–H and O–H groups in total. The molecule has 1 aliphatic rings. The van der Waals surface area contributed by atoms with Crippen LogP contribution >= 0.6 is 0 Å². The largest absolute Gasteiger partial charge is 0.451 e. The van der Waals surface area contributed by atoms with Crippen molar-refractivity contribution in [3.05, 3.63) is 46.3 Å². The van der Waals surface area contributed by atoms with Crippen molar-refractivity contribution < 1.29 is 9.21 Å². The molecule has 1 aliphatic heterocycles. The number of likely N-dealkylation sites (tertiary alicyclic amines) is 1.